The quantitative estimate of drug-likeness (QED) is 0.737. The highest BCUT2D eigenvalue weighted by Gasteiger charge is 2.21. The summed E-state index contributed by atoms with van der Waals surface area (Å²) in [6, 6.07) is 10.7. The predicted molar refractivity (Wildman–Crippen MR) is 97.7 cm³/mol. The molecule has 9 heteroatoms. The maximum atomic E-state index is 12.6. The lowest BCUT2D eigenvalue weighted by Gasteiger charge is -2.14. The number of hydrogen-bond acceptors (Lipinski definition) is 7. The van der Waals surface area contributed by atoms with Gasteiger partial charge < -0.3 is 10.1 Å². The number of carbonyl (C=O) groups is 1. The molecule has 0 saturated carbocycles. The van der Waals surface area contributed by atoms with Crippen molar-refractivity contribution in [1.29, 1.82) is 0 Å². The van der Waals surface area contributed by atoms with E-state index in [1.807, 2.05) is 23.9 Å². The largest absolute Gasteiger partial charge is 0.473 e. The molecule has 132 valence electrons. The van der Waals surface area contributed by atoms with E-state index in [0.29, 0.717) is 17.1 Å². The fourth-order valence-electron chi connectivity index (χ4n) is 2.60. The smallest absolute Gasteiger partial charge is 0.261 e. The van der Waals surface area contributed by atoms with Gasteiger partial charge in [-0.05, 0) is 59.0 Å². The minimum atomic E-state index is -0.256. The van der Waals surface area contributed by atoms with Crippen LogP contribution in [0.25, 0.3) is 5.69 Å². The molecule has 1 aromatic carbocycles. The Bertz CT molecular complexity index is 879. The molecule has 2 aromatic heterocycles. The van der Waals surface area contributed by atoms with Gasteiger partial charge in [0.25, 0.3) is 5.91 Å². The highest BCUT2D eigenvalue weighted by atomic mass is 32.2. The summed E-state index contributed by atoms with van der Waals surface area (Å²) >= 11 is 1.85. The number of carbonyl (C=O) groups excluding carboxylic acids is 1. The fraction of sp³-hybridized carbons (Fsp3) is 0.235. The molecular weight excluding hydrogens is 352 g/mol. The maximum absolute atomic E-state index is 12.6. The lowest BCUT2D eigenvalue weighted by atomic mass is 10.2. The van der Waals surface area contributed by atoms with Gasteiger partial charge in [0.1, 0.15) is 18.0 Å². The van der Waals surface area contributed by atoms with Crippen LogP contribution in [0, 0.1) is 0 Å². The van der Waals surface area contributed by atoms with Crippen LogP contribution in [0.2, 0.25) is 0 Å². The van der Waals surface area contributed by atoms with Gasteiger partial charge >= 0.3 is 0 Å². The van der Waals surface area contributed by atoms with Gasteiger partial charge in [0.05, 0.1) is 5.69 Å². The van der Waals surface area contributed by atoms with Crippen molar-refractivity contribution in [3.05, 3.63) is 54.5 Å². The second-order valence-corrected chi connectivity index (χ2v) is 6.86. The van der Waals surface area contributed by atoms with Gasteiger partial charge in [-0.15, -0.1) is 5.10 Å². The van der Waals surface area contributed by atoms with E-state index < -0.39 is 0 Å². The van der Waals surface area contributed by atoms with E-state index in [4.69, 9.17) is 4.74 Å². The summed E-state index contributed by atoms with van der Waals surface area (Å²) in [5, 5.41) is 13.9. The molecule has 1 saturated heterocycles. The number of nitrogens with one attached hydrogen (secondary N) is 1. The number of nitrogens with zero attached hydrogens (tertiary/aromatic N) is 5. The number of ether oxygens (including phenoxy) is 1. The number of aromatic nitrogens is 5. The number of benzene rings is 1. The first-order valence-corrected chi connectivity index (χ1v) is 9.29. The van der Waals surface area contributed by atoms with Crippen LogP contribution in [0.1, 0.15) is 16.8 Å². The van der Waals surface area contributed by atoms with E-state index in [1.54, 1.807) is 30.5 Å². The molecule has 0 radical (unpaired) electrons. The molecule has 1 aliphatic heterocycles. The Kier molecular flexibility index (Phi) is 4.78. The minimum Gasteiger partial charge on any atom is -0.473 e. The second kappa shape index (κ2) is 7.52. The van der Waals surface area contributed by atoms with E-state index in [0.717, 1.165) is 23.6 Å². The second-order valence-electron chi connectivity index (χ2n) is 5.71. The Morgan fingerprint density at radius 1 is 1.27 bits per heavy atom. The van der Waals surface area contributed by atoms with Crippen molar-refractivity contribution in [3.63, 3.8) is 0 Å². The topological polar surface area (TPSA) is 94.8 Å². The summed E-state index contributed by atoms with van der Waals surface area (Å²) in [6.07, 6.45) is 4.22. The fourth-order valence-corrected chi connectivity index (χ4v) is 3.69. The standard InChI is InChI=1S/C17H16N6O2S/c24-16(15-2-1-8-18-17(15)25-14-7-9-26-10-14)20-12-3-5-13(6-4-12)23-11-19-21-22-23/h1-6,8,11,14H,7,9-10H2,(H,20,24)/t14-/m0/s1. The van der Waals surface area contributed by atoms with E-state index in [1.165, 1.54) is 11.0 Å². The molecule has 0 unspecified atom stereocenters. The summed E-state index contributed by atoms with van der Waals surface area (Å²) in [4.78, 5) is 16.9. The zero-order valence-corrected chi connectivity index (χ0v) is 14.6. The van der Waals surface area contributed by atoms with Crippen LogP contribution in [0.3, 0.4) is 0 Å². The van der Waals surface area contributed by atoms with Crippen molar-refractivity contribution >= 4 is 23.4 Å². The molecule has 1 fully saturated rings. The third-order valence-corrected chi connectivity index (χ3v) is 5.05. The van der Waals surface area contributed by atoms with E-state index >= 15 is 0 Å². The van der Waals surface area contributed by atoms with Crippen LogP contribution < -0.4 is 10.1 Å². The zero-order valence-electron chi connectivity index (χ0n) is 13.8. The van der Waals surface area contributed by atoms with Crippen LogP contribution in [0.5, 0.6) is 5.88 Å². The highest BCUT2D eigenvalue weighted by molar-refractivity contribution is 7.99. The molecular formula is C17H16N6O2S. The van der Waals surface area contributed by atoms with Crippen LogP contribution in [0.4, 0.5) is 5.69 Å². The zero-order chi connectivity index (χ0) is 17.8. The molecule has 4 rings (SSSR count). The van der Waals surface area contributed by atoms with Gasteiger partial charge in [0, 0.05) is 17.6 Å². The van der Waals surface area contributed by atoms with Gasteiger partial charge in [0.2, 0.25) is 5.88 Å². The first kappa shape index (κ1) is 16.5. The Hall–Kier alpha value is -2.94. The third-order valence-electron chi connectivity index (χ3n) is 3.92. The van der Waals surface area contributed by atoms with Gasteiger partial charge in [-0.1, -0.05) is 0 Å². The summed E-state index contributed by atoms with van der Waals surface area (Å²) in [7, 11) is 0. The highest BCUT2D eigenvalue weighted by Crippen LogP contribution is 2.25. The van der Waals surface area contributed by atoms with Crippen molar-refractivity contribution in [3.8, 4) is 11.6 Å². The lowest BCUT2D eigenvalue weighted by Crippen LogP contribution is -2.20. The van der Waals surface area contributed by atoms with E-state index in [2.05, 4.69) is 25.8 Å². The number of thioether (sulfide) groups is 1. The average Bonchev–Trinajstić information content (AvgIpc) is 3.37. The summed E-state index contributed by atoms with van der Waals surface area (Å²) in [5.41, 5.74) is 1.89. The predicted octanol–water partition coefficient (Wildman–Crippen LogP) is 2.19. The monoisotopic (exact) mass is 368 g/mol. The number of rotatable bonds is 5. The Balaban J connectivity index is 1.48. The number of hydrogen-bond donors (Lipinski definition) is 1. The normalized spacial score (nSPS) is 16.4. The van der Waals surface area contributed by atoms with E-state index in [9.17, 15) is 4.79 Å². The van der Waals surface area contributed by atoms with Crippen LogP contribution in [0.15, 0.2) is 48.9 Å². The molecule has 3 heterocycles. The maximum Gasteiger partial charge on any atom is 0.261 e. The van der Waals surface area contributed by atoms with Crippen molar-refractivity contribution < 1.29 is 9.53 Å². The summed E-state index contributed by atoms with van der Waals surface area (Å²) in [5.74, 6) is 2.12. The van der Waals surface area contributed by atoms with Crippen molar-refractivity contribution in [1.82, 2.24) is 25.2 Å². The van der Waals surface area contributed by atoms with Gasteiger partial charge in [-0.2, -0.15) is 11.8 Å². The molecule has 1 aliphatic rings. The van der Waals surface area contributed by atoms with Crippen LogP contribution >= 0.6 is 11.8 Å². The average molecular weight is 368 g/mol. The Labute approximate surface area is 154 Å². The van der Waals surface area contributed by atoms with E-state index in [-0.39, 0.29) is 12.0 Å². The van der Waals surface area contributed by atoms with Gasteiger partial charge in [-0.3, -0.25) is 4.79 Å². The Morgan fingerprint density at radius 2 is 2.15 bits per heavy atom. The van der Waals surface area contributed by atoms with Crippen molar-refractivity contribution in [2.24, 2.45) is 0 Å². The number of amides is 1. The van der Waals surface area contributed by atoms with Gasteiger partial charge in [-0.25, -0.2) is 9.67 Å². The first-order chi connectivity index (χ1) is 12.8. The molecule has 1 atom stereocenters. The van der Waals surface area contributed by atoms with Crippen LogP contribution in [-0.4, -0.2) is 48.7 Å². The number of pyridine rings is 1. The molecule has 8 nitrogen and oxygen atoms in total. The molecule has 1 N–H and O–H groups in total. The summed E-state index contributed by atoms with van der Waals surface area (Å²) < 4.78 is 7.46. The van der Waals surface area contributed by atoms with Crippen molar-refractivity contribution in [2.45, 2.75) is 12.5 Å². The molecule has 0 aliphatic carbocycles. The molecule has 3 aromatic rings. The Morgan fingerprint density at radius 3 is 2.88 bits per heavy atom. The first-order valence-electron chi connectivity index (χ1n) is 8.14. The third kappa shape index (κ3) is 3.67. The van der Waals surface area contributed by atoms with Gasteiger partial charge in [0.15, 0.2) is 0 Å². The molecule has 1 amide bonds. The van der Waals surface area contributed by atoms with Crippen molar-refractivity contribution in [2.75, 3.05) is 16.8 Å². The molecule has 0 bridgehead atoms. The lowest BCUT2D eigenvalue weighted by molar-refractivity contribution is 0.101. The molecule has 26 heavy (non-hydrogen) atoms. The molecule has 0 spiro atoms. The number of anilines is 1. The summed E-state index contributed by atoms with van der Waals surface area (Å²) in [6.45, 7) is 0. The van der Waals surface area contributed by atoms with Crippen LogP contribution in [-0.2, 0) is 0 Å². The minimum absolute atomic E-state index is 0.108. The number of tetrazole rings is 1. The SMILES string of the molecule is O=C(Nc1ccc(-n2cnnn2)cc1)c1cccnc1O[C@H]1CCSC1.